The molecule has 1 aromatic carbocycles. The fraction of sp³-hybridized carbons (Fsp3) is 0.500. The molecule has 2 nitrogen and oxygen atoms in total. The van der Waals surface area contributed by atoms with Gasteiger partial charge in [0.2, 0.25) is 5.91 Å². The van der Waals surface area contributed by atoms with E-state index in [0.717, 1.165) is 30.7 Å². The Kier molecular flexibility index (Phi) is 3.29. The Morgan fingerprint density at radius 1 is 1.39 bits per heavy atom. The van der Waals surface area contributed by atoms with Crippen molar-refractivity contribution in [1.29, 1.82) is 0 Å². The van der Waals surface area contributed by atoms with Crippen molar-refractivity contribution in [2.45, 2.75) is 24.6 Å². The van der Waals surface area contributed by atoms with Crippen LogP contribution in [0.1, 0.15) is 30.2 Å². The Balaban J connectivity index is 1.80. The summed E-state index contributed by atoms with van der Waals surface area (Å²) in [7, 11) is 0. The maximum atomic E-state index is 13.3. The van der Waals surface area contributed by atoms with Gasteiger partial charge in [-0.05, 0) is 30.5 Å². The van der Waals surface area contributed by atoms with Crippen LogP contribution in [0.5, 0.6) is 0 Å². The number of carbonyl (C=O) groups excluding carboxylic acids is 1. The minimum Gasteiger partial charge on any atom is -0.325 e. The van der Waals surface area contributed by atoms with E-state index in [4.69, 9.17) is 0 Å². The van der Waals surface area contributed by atoms with Gasteiger partial charge >= 0.3 is 0 Å². The summed E-state index contributed by atoms with van der Waals surface area (Å²) < 4.78 is 13.3. The van der Waals surface area contributed by atoms with E-state index >= 15 is 0 Å². The molecule has 4 heteroatoms. The molecule has 0 bridgehead atoms. The Labute approximate surface area is 111 Å². The van der Waals surface area contributed by atoms with Crippen molar-refractivity contribution in [1.82, 2.24) is 4.90 Å². The largest absolute Gasteiger partial charge is 0.325 e. The molecule has 96 valence electrons. The first-order chi connectivity index (χ1) is 8.75. The highest BCUT2D eigenvalue weighted by Gasteiger charge is 2.36. The fourth-order valence-electron chi connectivity index (χ4n) is 2.52. The summed E-state index contributed by atoms with van der Waals surface area (Å²) in [5, 5.41) is 0.00815. The van der Waals surface area contributed by atoms with Crippen LogP contribution >= 0.6 is 11.8 Å². The highest BCUT2D eigenvalue weighted by atomic mass is 32.2. The fourth-order valence-corrected chi connectivity index (χ4v) is 3.78. The summed E-state index contributed by atoms with van der Waals surface area (Å²) in [6.45, 7) is 0.793. The number of thioether (sulfide) groups is 1. The Morgan fingerprint density at radius 3 is 2.89 bits per heavy atom. The molecule has 0 aromatic heterocycles. The standard InChI is InChI=1S/C14H16FNOS/c15-12-6-2-5-11(9-12)14-16(7-8-18-14)13(17)10-3-1-4-10/h2,5-6,9-10,14H,1,3-4,7-8H2/t14-/m0/s1. The van der Waals surface area contributed by atoms with E-state index in [1.807, 2.05) is 11.0 Å². The van der Waals surface area contributed by atoms with Crippen LogP contribution in [0, 0.1) is 11.7 Å². The minimum atomic E-state index is -0.226. The predicted octanol–water partition coefficient (Wildman–Crippen LogP) is 3.20. The summed E-state index contributed by atoms with van der Waals surface area (Å²) in [5.74, 6) is 1.20. The summed E-state index contributed by atoms with van der Waals surface area (Å²) in [5.41, 5.74) is 0.908. The summed E-state index contributed by atoms with van der Waals surface area (Å²) in [4.78, 5) is 14.2. The third kappa shape index (κ3) is 2.14. The molecule has 18 heavy (non-hydrogen) atoms. The smallest absolute Gasteiger partial charge is 0.226 e. The van der Waals surface area contributed by atoms with Crippen molar-refractivity contribution < 1.29 is 9.18 Å². The average Bonchev–Trinajstić information content (AvgIpc) is 2.75. The zero-order valence-corrected chi connectivity index (χ0v) is 11.0. The SMILES string of the molecule is O=C(C1CCC1)N1CCS[C@H]1c1cccc(F)c1. The van der Waals surface area contributed by atoms with E-state index < -0.39 is 0 Å². The van der Waals surface area contributed by atoms with Gasteiger partial charge in [0.05, 0.1) is 0 Å². The van der Waals surface area contributed by atoms with Crippen LogP contribution in [0.3, 0.4) is 0 Å². The molecule has 1 saturated heterocycles. The second-order valence-corrected chi connectivity index (χ2v) is 6.13. The molecule has 0 N–H and O–H groups in total. The van der Waals surface area contributed by atoms with Crippen molar-refractivity contribution in [3.05, 3.63) is 35.6 Å². The van der Waals surface area contributed by atoms with Crippen LogP contribution in [0.25, 0.3) is 0 Å². The average molecular weight is 265 g/mol. The van der Waals surface area contributed by atoms with Gasteiger partial charge in [0, 0.05) is 18.2 Å². The van der Waals surface area contributed by atoms with Crippen molar-refractivity contribution >= 4 is 17.7 Å². The molecule has 0 spiro atoms. The maximum Gasteiger partial charge on any atom is 0.226 e. The number of halogens is 1. The van der Waals surface area contributed by atoms with Crippen LogP contribution in [0.4, 0.5) is 4.39 Å². The zero-order valence-electron chi connectivity index (χ0n) is 10.1. The van der Waals surface area contributed by atoms with Gasteiger partial charge in [-0.15, -0.1) is 11.8 Å². The van der Waals surface area contributed by atoms with Crippen LogP contribution in [-0.4, -0.2) is 23.1 Å². The number of carbonyl (C=O) groups is 1. The molecule has 1 aromatic rings. The van der Waals surface area contributed by atoms with Crippen molar-refractivity contribution in [2.24, 2.45) is 5.92 Å². The second kappa shape index (κ2) is 4.92. The molecule has 0 radical (unpaired) electrons. The van der Waals surface area contributed by atoms with Gasteiger partial charge in [0.1, 0.15) is 11.2 Å². The van der Waals surface area contributed by atoms with Crippen molar-refractivity contribution in [3.8, 4) is 0 Å². The van der Waals surface area contributed by atoms with Gasteiger partial charge in [-0.3, -0.25) is 4.79 Å². The molecule has 1 atom stereocenters. The first-order valence-corrected chi connectivity index (χ1v) is 7.48. The zero-order chi connectivity index (χ0) is 12.5. The summed E-state index contributed by atoms with van der Waals surface area (Å²) in [6, 6.07) is 6.62. The number of amides is 1. The molecule has 1 amide bonds. The molecular weight excluding hydrogens is 249 g/mol. The van der Waals surface area contributed by atoms with E-state index in [1.54, 1.807) is 23.9 Å². The highest BCUT2D eigenvalue weighted by molar-refractivity contribution is 7.99. The van der Waals surface area contributed by atoms with E-state index in [1.165, 1.54) is 12.5 Å². The quantitative estimate of drug-likeness (QED) is 0.818. The highest BCUT2D eigenvalue weighted by Crippen LogP contribution is 2.41. The molecule has 1 saturated carbocycles. The molecule has 1 aliphatic heterocycles. The van der Waals surface area contributed by atoms with Gasteiger partial charge in [-0.1, -0.05) is 18.6 Å². The molecule has 3 rings (SSSR count). The van der Waals surface area contributed by atoms with Crippen LogP contribution in [0.15, 0.2) is 24.3 Å². The van der Waals surface area contributed by atoms with E-state index in [0.29, 0.717) is 0 Å². The second-order valence-electron chi connectivity index (χ2n) is 4.94. The topological polar surface area (TPSA) is 20.3 Å². The normalized spacial score (nSPS) is 24.1. The lowest BCUT2D eigenvalue weighted by Crippen LogP contribution is -2.38. The molecule has 2 aliphatic rings. The van der Waals surface area contributed by atoms with E-state index in [2.05, 4.69) is 0 Å². The third-order valence-electron chi connectivity index (χ3n) is 3.76. The Hall–Kier alpha value is -1.03. The van der Waals surface area contributed by atoms with Crippen LogP contribution < -0.4 is 0 Å². The van der Waals surface area contributed by atoms with Crippen molar-refractivity contribution in [3.63, 3.8) is 0 Å². The molecule has 1 aliphatic carbocycles. The number of nitrogens with zero attached hydrogens (tertiary/aromatic N) is 1. The Bertz CT molecular complexity index is 461. The molecule has 0 unspecified atom stereocenters. The summed E-state index contributed by atoms with van der Waals surface area (Å²) >= 11 is 1.73. The first kappa shape index (κ1) is 12.0. The van der Waals surface area contributed by atoms with Crippen LogP contribution in [-0.2, 0) is 4.79 Å². The summed E-state index contributed by atoms with van der Waals surface area (Å²) in [6.07, 6.45) is 3.22. The molecule has 1 heterocycles. The lowest BCUT2D eigenvalue weighted by atomic mass is 9.84. The third-order valence-corrected chi connectivity index (χ3v) is 5.02. The first-order valence-electron chi connectivity index (χ1n) is 6.43. The van der Waals surface area contributed by atoms with Gasteiger partial charge in [-0.25, -0.2) is 4.39 Å². The number of hydrogen-bond donors (Lipinski definition) is 0. The Morgan fingerprint density at radius 2 is 2.22 bits per heavy atom. The minimum absolute atomic E-state index is 0.00815. The molecule has 2 fully saturated rings. The van der Waals surface area contributed by atoms with Gasteiger partial charge < -0.3 is 4.90 Å². The van der Waals surface area contributed by atoms with Gasteiger partial charge in [0.15, 0.2) is 0 Å². The van der Waals surface area contributed by atoms with Gasteiger partial charge in [0.25, 0.3) is 0 Å². The monoisotopic (exact) mass is 265 g/mol. The predicted molar refractivity (Wildman–Crippen MR) is 70.7 cm³/mol. The van der Waals surface area contributed by atoms with E-state index in [-0.39, 0.29) is 23.0 Å². The lowest BCUT2D eigenvalue weighted by molar-refractivity contribution is -0.138. The number of benzene rings is 1. The molecular formula is C14H16FNOS. The van der Waals surface area contributed by atoms with Crippen LogP contribution in [0.2, 0.25) is 0 Å². The maximum absolute atomic E-state index is 13.3. The number of rotatable bonds is 2. The number of hydrogen-bond acceptors (Lipinski definition) is 2. The van der Waals surface area contributed by atoms with E-state index in [9.17, 15) is 9.18 Å². The van der Waals surface area contributed by atoms with Crippen molar-refractivity contribution in [2.75, 3.05) is 12.3 Å². The lowest BCUT2D eigenvalue weighted by Gasteiger charge is -2.32. The van der Waals surface area contributed by atoms with Gasteiger partial charge in [-0.2, -0.15) is 0 Å².